The van der Waals surface area contributed by atoms with Crippen molar-refractivity contribution >= 4 is 50.0 Å². The summed E-state index contributed by atoms with van der Waals surface area (Å²) >= 11 is 8.06. The van der Waals surface area contributed by atoms with Crippen LogP contribution in [0.25, 0.3) is 21.1 Å². The molecule has 6 nitrogen and oxygen atoms in total. The van der Waals surface area contributed by atoms with E-state index in [2.05, 4.69) is 10.3 Å². The number of hydrogen-bond donors (Lipinski definition) is 2. The maximum absolute atomic E-state index is 11.7. The highest BCUT2D eigenvalue weighted by Gasteiger charge is 2.24. The van der Waals surface area contributed by atoms with Crippen molar-refractivity contribution in [3.05, 3.63) is 56.9 Å². The van der Waals surface area contributed by atoms with Crippen LogP contribution in [0.15, 0.2) is 29.6 Å². The lowest BCUT2D eigenvalue weighted by Crippen LogP contribution is -2.10. The van der Waals surface area contributed by atoms with Crippen LogP contribution in [-0.2, 0) is 18.4 Å². The molecule has 4 aromatic rings. The number of aliphatic hydroxyl groups excluding tert-OH is 1. The number of fused-ring (bicyclic) bond motifs is 2. The Morgan fingerprint density at radius 1 is 1.36 bits per heavy atom. The number of halogens is 1. The molecular weight excluding hydrogens is 398 g/mol. The molecule has 0 saturated carbocycles. The molecule has 0 aliphatic heterocycles. The predicted molar refractivity (Wildman–Crippen MR) is 110 cm³/mol. The number of rotatable bonds is 5. The minimum absolute atomic E-state index is 0.0938. The summed E-state index contributed by atoms with van der Waals surface area (Å²) in [7, 11) is 1.77. The summed E-state index contributed by atoms with van der Waals surface area (Å²) in [6.07, 6.45) is -0.0938. The van der Waals surface area contributed by atoms with Crippen LogP contribution in [-0.4, -0.2) is 31.2 Å². The molecule has 2 heterocycles. The normalized spacial score (nSPS) is 12.7. The van der Waals surface area contributed by atoms with E-state index in [1.807, 2.05) is 36.6 Å². The Balaban J connectivity index is 1.96. The third-order valence-electron chi connectivity index (χ3n) is 5.10. The van der Waals surface area contributed by atoms with Crippen molar-refractivity contribution in [2.45, 2.75) is 25.9 Å². The highest BCUT2D eigenvalue weighted by atomic mass is 35.5. The lowest BCUT2D eigenvalue weighted by Gasteiger charge is -2.20. The van der Waals surface area contributed by atoms with Crippen molar-refractivity contribution in [3.63, 3.8) is 0 Å². The highest BCUT2D eigenvalue weighted by Crippen LogP contribution is 2.39. The summed E-state index contributed by atoms with van der Waals surface area (Å²) in [5.41, 5.74) is 4.68. The Hall–Kier alpha value is -2.48. The zero-order valence-corrected chi connectivity index (χ0v) is 16.9. The molecule has 0 saturated heterocycles. The van der Waals surface area contributed by atoms with Crippen molar-refractivity contribution in [3.8, 4) is 0 Å². The molecule has 28 heavy (non-hydrogen) atoms. The summed E-state index contributed by atoms with van der Waals surface area (Å²) in [6.45, 7) is 1.81. The molecule has 1 unspecified atom stereocenters. The fourth-order valence-electron chi connectivity index (χ4n) is 3.77. The summed E-state index contributed by atoms with van der Waals surface area (Å²) in [5.74, 6) is -1.33. The second kappa shape index (κ2) is 7.16. The van der Waals surface area contributed by atoms with Crippen molar-refractivity contribution < 1.29 is 15.0 Å². The van der Waals surface area contributed by atoms with E-state index in [1.165, 1.54) is 0 Å². The minimum Gasteiger partial charge on any atom is -0.481 e. The number of hydrogen-bond acceptors (Lipinski definition) is 5. The fraction of sp³-hybridized carbons (Fsp3) is 0.250. The van der Waals surface area contributed by atoms with Crippen molar-refractivity contribution in [1.29, 1.82) is 0 Å². The number of carboxylic acid groups (broad SMARTS) is 1. The van der Waals surface area contributed by atoms with E-state index in [1.54, 1.807) is 23.1 Å². The molecular formula is C20H18ClN3O3S. The summed E-state index contributed by atoms with van der Waals surface area (Å²) in [4.78, 5) is 11.7. The molecule has 1 atom stereocenters. The van der Waals surface area contributed by atoms with Gasteiger partial charge in [-0.1, -0.05) is 22.9 Å². The van der Waals surface area contributed by atoms with Gasteiger partial charge in [-0.25, -0.2) is 4.68 Å². The molecule has 0 radical (unpaired) electrons. The second-order valence-electron chi connectivity index (χ2n) is 6.81. The molecule has 0 amide bonds. The number of carbonyl (C=O) groups is 1. The molecule has 0 fully saturated rings. The standard InChI is InChI=1S/C20H18ClN3O3S/c1-10-14(7-16(21)19-18(10)22-23-24(19)2)15(8-17(26)27)12-5-11-3-4-28-20(11)13(6-12)9-25/h3-7,15,25H,8-9H2,1-2H3,(H,26,27). The lowest BCUT2D eigenvalue weighted by molar-refractivity contribution is -0.137. The maximum atomic E-state index is 11.7. The third-order valence-corrected chi connectivity index (χ3v) is 6.39. The predicted octanol–water partition coefficient (Wildman–Crippen LogP) is 4.24. The first-order valence-corrected chi connectivity index (χ1v) is 9.97. The van der Waals surface area contributed by atoms with Gasteiger partial charge in [0.25, 0.3) is 0 Å². The molecule has 0 bridgehead atoms. The smallest absolute Gasteiger partial charge is 0.304 e. The van der Waals surface area contributed by atoms with E-state index in [0.717, 1.165) is 37.9 Å². The molecule has 2 N–H and O–H groups in total. The number of aliphatic hydroxyl groups is 1. The van der Waals surface area contributed by atoms with E-state index in [-0.39, 0.29) is 13.0 Å². The summed E-state index contributed by atoms with van der Waals surface area (Å²) in [5, 5.41) is 31.1. The van der Waals surface area contributed by atoms with E-state index in [9.17, 15) is 15.0 Å². The van der Waals surface area contributed by atoms with E-state index >= 15 is 0 Å². The maximum Gasteiger partial charge on any atom is 0.304 e. The first-order chi connectivity index (χ1) is 13.4. The highest BCUT2D eigenvalue weighted by molar-refractivity contribution is 7.17. The van der Waals surface area contributed by atoms with E-state index in [0.29, 0.717) is 10.5 Å². The van der Waals surface area contributed by atoms with Crippen LogP contribution < -0.4 is 0 Å². The van der Waals surface area contributed by atoms with Gasteiger partial charge in [0.2, 0.25) is 0 Å². The van der Waals surface area contributed by atoms with E-state index < -0.39 is 11.9 Å². The van der Waals surface area contributed by atoms with Crippen LogP contribution >= 0.6 is 22.9 Å². The topological polar surface area (TPSA) is 88.2 Å². The van der Waals surface area contributed by atoms with Crippen LogP contribution in [0.5, 0.6) is 0 Å². The molecule has 0 aliphatic carbocycles. The van der Waals surface area contributed by atoms with Gasteiger partial charge >= 0.3 is 5.97 Å². The average molecular weight is 416 g/mol. The molecule has 0 aliphatic rings. The molecule has 8 heteroatoms. The Morgan fingerprint density at radius 3 is 2.86 bits per heavy atom. The SMILES string of the molecule is Cc1c(C(CC(=O)O)c2cc(CO)c3sccc3c2)cc(Cl)c2c1nnn2C. The third kappa shape index (κ3) is 3.05. The Bertz CT molecular complexity index is 1210. The Morgan fingerprint density at radius 2 is 2.14 bits per heavy atom. The van der Waals surface area contributed by atoms with Crippen LogP contribution in [0.3, 0.4) is 0 Å². The van der Waals surface area contributed by atoms with Gasteiger partial charge in [-0.3, -0.25) is 4.79 Å². The number of aryl methyl sites for hydroxylation is 2. The van der Waals surface area contributed by atoms with Gasteiger partial charge in [-0.15, -0.1) is 16.4 Å². The molecule has 2 aromatic heterocycles. The van der Waals surface area contributed by atoms with Gasteiger partial charge in [0.1, 0.15) is 11.0 Å². The number of aromatic nitrogens is 3. The minimum atomic E-state index is -0.907. The van der Waals surface area contributed by atoms with Gasteiger partial charge in [-0.2, -0.15) is 0 Å². The summed E-state index contributed by atoms with van der Waals surface area (Å²) in [6, 6.07) is 7.67. The quantitative estimate of drug-likeness (QED) is 0.509. The van der Waals surface area contributed by atoms with Crippen LogP contribution in [0.2, 0.25) is 5.02 Å². The zero-order chi connectivity index (χ0) is 20.0. The fourth-order valence-corrected chi connectivity index (χ4v) is 4.99. The van der Waals surface area contributed by atoms with Crippen LogP contribution in [0.4, 0.5) is 0 Å². The number of nitrogens with zero attached hydrogens (tertiary/aromatic N) is 3. The number of carboxylic acids is 1. The van der Waals surface area contributed by atoms with Crippen molar-refractivity contribution in [2.24, 2.45) is 7.05 Å². The first-order valence-electron chi connectivity index (χ1n) is 8.71. The number of thiophene rings is 1. The van der Waals surface area contributed by atoms with Gasteiger partial charge in [0, 0.05) is 17.7 Å². The van der Waals surface area contributed by atoms with Crippen molar-refractivity contribution in [1.82, 2.24) is 15.0 Å². The number of benzene rings is 2. The van der Waals surface area contributed by atoms with Gasteiger partial charge in [-0.05, 0) is 58.1 Å². The largest absolute Gasteiger partial charge is 0.481 e. The Kier molecular flexibility index (Phi) is 4.82. The molecule has 144 valence electrons. The summed E-state index contributed by atoms with van der Waals surface area (Å²) < 4.78 is 2.63. The van der Waals surface area contributed by atoms with Crippen molar-refractivity contribution in [2.75, 3.05) is 0 Å². The van der Waals surface area contributed by atoms with Gasteiger partial charge < -0.3 is 10.2 Å². The van der Waals surface area contributed by atoms with Gasteiger partial charge in [0.05, 0.1) is 18.1 Å². The second-order valence-corrected chi connectivity index (χ2v) is 8.13. The lowest BCUT2D eigenvalue weighted by atomic mass is 9.84. The number of aliphatic carboxylic acids is 1. The van der Waals surface area contributed by atoms with Crippen LogP contribution in [0, 0.1) is 6.92 Å². The molecule has 4 rings (SSSR count). The first kappa shape index (κ1) is 18.9. The van der Waals surface area contributed by atoms with Gasteiger partial charge in [0.15, 0.2) is 0 Å². The molecule has 0 spiro atoms. The van der Waals surface area contributed by atoms with E-state index in [4.69, 9.17) is 11.6 Å². The van der Waals surface area contributed by atoms with Crippen LogP contribution in [0.1, 0.15) is 34.6 Å². The Labute approximate surface area is 170 Å². The zero-order valence-electron chi connectivity index (χ0n) is 15.3. The average Bonchev–Trinajstić information content (AvgIpc) is 3.28. The molecule has 2 aromatic carbocycles. The monoisotopic (exact) mass is 415 g/mol.